The Bertz CT molecular complexity index is 656. The molecule has 19 heavy (non-hydrogen) atoms. The van der Waals surface area contributed by atoms with Crippen molar-refractivity contribution in [2.24, 2.45) is 0 Å². The highest BCUT2D eigenvalue weighted by atomic mass is 79.9. The SMILES string of the molecule is COc1ccc2nc(C=CC(=O)NO)ccc2c1Br. The van der Waals surface area contributed by atoms with Crippen molar-refractivity contribution in [2.75, 3.05) is 7.11 Å². The van der Waals surface area contributed by atoms with Crippen LogP contribution in [-0.2, 0) is 4.79 Å². The van der Waals surface area contributed by atoms with Gasteiger partial charge in [0.2, 0.25) is 0 Å². The second-order valence-corrected chi connectivity index (χ2v) is 4.49. The molecular weight excluding hydrogens is 312 g/mol. The van der Waals surface area contributed by atoms with Crippen LogP contribution in [0.5, 0.6) is 5.75 Å². The van der Waals surface area contributed by atoms with Gasteiger partial charge >= 0.3 is 0 Å². The highest BCUT2D eigenvalue weighted by molar-refractivity contribution is 9.10. The Hall–Kier alpha value is -1.92. The van der Waals surface area contributed by atoms with Gasteiger partial charge in [0, 0.05) is 11.5 Å². The first-order chi connectivity index (χ1) is 9.15. The van der Waals surface area contributed by atoms with Crippen LogP contribution >= 0.6 is 15.9 Å². The van der Waals surface area contributed by atoms with Gasteiger partial charge in [0.15, 0.2) is 0 Å². The van der Waals surface area contributed by atoms with E-state index in [4.69, 9.17) is 9.94 Å². The molecule has 98 valence electrons. The highest BCUT2D eigenvalue weighted by Crippen LogP contribution is 2.32. The number of aromatic nitrogens is 1. The summed E-state index contributed by atoms with van der Waals surface area (Å²) in [6.45, 7) is 0. The highest BCUT2D eigenvalue weighted by Gasteiger charge is 2.06. The van der Waals surface area contributed by atoms with E-state index in [-0.39, 0.29) is 0 Å². The number of fused-ring (bicyclic) bond motifs is 1. The zero-order valence-corrected chi connectivity index (χ0v) is 11.6. The van der Waals surface area contributed by atoms with Crippen LogP contribution in [0.2, 0.25) is 0 Å². The van der Waals surface area contributed by atoms with Crippen LogP contribution < -0.4 is 10.2 Å². The second kappa shape index (κ2) is 5.81. The van der Waals surface area contributed by atoms with Crippen molar-refractivity contribution >= 4 is 38.8 Å². The largest absolute Gasteiger partial charge is 0.496 e. The normalized spacial score (nSPS) is 10.9. The summed E-state index contributed by atoms with van der Waals surface area (Å²) >= 11 is 3.46. The first kappa shape index (κ1) is 13.5. The minimum Gasteiger partial charge on any atom is -0.496 e. The molecule has 2 aromatic rings. The van der Waals surface area contributed by atoms with Gasteiger partial charge in [0.05, 0.1) is 22.8 Å². The summed E-state index contributed by atoms with van der Waals surface area (Å²) in [5, 5.41) is 9.31. The Kier molecular flexibility index (Phi) is 4.13. The topological polar surface area (TPSA) is 71.5 Å². The number of amides is 1. The molecule has 0 spiro atoms. The number of halogens is 1. The van der Waals surface area contributed by atoms with Crippen molar-refractivity contribution in [3.05, 3.63) is 40.5 Å². The van der Waals surface area contributed by atoms with Crippen molar-refractivity contribution < 1.29 is 14.7 Å². The Morgan fingerprint density at radius 1 is 1.42 bits per heavy atom. The summed E-state index contributed by atoms with van der Waals surface area (Å²) in [6.07, 6.45) is 2.72. The molecule has 0 radical (unpaired) electrons. The number of hydrogen-bond acceptors (Lipinski definition) is 4. The molecular formula is C13H11BrN2O3. The van der Waals surface area contributed by atoms with Crippen LogP contribution in [-0.4, -0.2) is 23.2 Å². The van der Waals surface area contributed by atoms with Gasteiger partial charge in [-0.2, -0.15) is 0 Å². The van der Waals surface area contributed by atoms with Crippen molar-refractivity contribution in [1.82, 2.24) is 10.5 Å². The summed E-state index contributed by atoms with van der Waals surface area (Å²) in [5.41, 5.74) is 2.91. The number of nitrogens with one attached hydrogen (secondary N) is 1. The number of rotatable bonds is 3. The van der Waals surface area contributed by atoms with Gasteiger partial charge in [-0.15, -0.1) is 0 Å². The third-order valence-electron chi connectivity index (χ3n) is 2.53. The molecule has 0 saturated heterocycles. The Labute approximate surface area is 118 Å². The maximum Gasteiger partial charge on any atom is 0.267 e. The van der Waals surface area contributed by atoms with Crippen LogP contribution in [0.15, 0.2) is 34.8 Å². The molecule has 1 amide bonds. The molecule has 0 bridgehead atoms. The van der Waals surface area contributed by atoms with E-state index in [1.165, 1.54) is 17.6 Å². The molecule has 0 aliphatic rings. The van der Waals surface area contributed by atoms with Gasteiger partial charge in [-0.05, 0) is 46.3 Å². The third-order valence-corrected chi connectivity index (χ3v) is 3.35. The minimum atomic E-state index is -0.599. The average Bonchev–Trinajstić information content (AvgIpc) is 2.45. The smallest absolute Gasteiger partial charge is 0.267 e. The molecule has 0 aliphatic carbocycles. The van der Waals surface area contributed by atoms with Gasteiger partial charge in [-0.1, -0.05) is 0 Å². The van der Waals surface area contributed by atoms with E-state index in [9.17, 15) is 4.79 Å². The predicted octanol–water partition coefficient (Wildman–Crippen LogP) is 2.52. The van der Waals surface area contributed by atoms with E-state index >= 15 is 0 Å². The number of hydrogen-bond donors (Lipinski definition) is 2. The van der Waals surface area contributed by atoms with Gasteiger partial charge in [-0.3, -0.25) is 10.0 Å². The van der Waals surface area contributed by atoms with E-state index in [1.807, 2.05) is 18.2 Å². The summed E-state index contributed by atoms with van der Waals surface area (Å²) in [4.78, 5) is 15.3. The first-order valence-corrected chi connectivity index (χ1v) is 6.20. The number of benzene rings is 1. The van der Waals surface area contributed by atoms with Crippen molar-refractivity contribution in [2.45, 2.75) is 0 Å². The quantitative estimate of drug-likeness (QED) is 0.517. The molecule has 0 atom stereocenters. The Morgan fingerprint density at radius 3 is 2.89 bits per heavy atom. The zero-order valence-electron chi connectivity index (χ0n) is 10.1. The van der Waals surface area contributed by atoms with Crippen LogP contribution in [0, 0.1) is 0 Å². The molecule has 0 aliphatic heterocycles. The molecule has 2 rings (SSSR count). The van der Waals surface area contributed by atoms with E-state index < -0.39 is 5.91 Å². The Balaban J connectivity index is 2.42. The molecule has 0 unspecified atom stereocenters. The summed E-state index contributed by atoms with van der Waals surface area (Å²) in [6, 6.07) is 7.30. The Morgan fingerprint density at radius 2 is 2.21 bits per heavy atom. The lowest BCUT2D eigenvalue weighted by Crippen LogP contribution is -2.14. The number of pyridine rings is 1. The molecule has 0 fully saturated rings. The number of carbonyl (C=O) groups excluding carboxylic acids is 1. The molecule has 1 aromatic heterocycles. The van der Waals surface area contributed by atoms with Crippen molar-refractivity contribution in [3.63, 3.8) is 0 Å². The van der Waals surface area contributed by atoms with E-state index in [0.717, 1.165) is 21.1 Å². The standard InChI is InChI=1S/C13H11BrN2O3/c1-19-11-6-5-10-9(13(11)14)4-2-8(15-10)3-7-12(17)16-18/h2-7,18H,1H3,(H,16,17). The fourth-order valence-corrected chi connectivity index (χ4v) is 2.24. The predicted molar refractivity (Wildman–Crippen MR) is 75.0 cm³/mol. The maximum absolute atomic E-state index is 10.9. The summed E-state index contributed by atoms with van der Waals surface area (Å²) in [7, 11) is 1.60. The maximum atomic E-state index is 10.9. The van der Waals surface area contributed by atoms with Gasteiger partial charge in [0.25, 0.3) is 5.91 Å². The number of ether oxygens (including phenoxy) is 1. The first-order valence-electron chi connectivity index (χ1n) is 5.41. The lowest BCUT2D eigenvalue weighted by Gasteiger charge is -2.06. The van der Waals surface area contributed by atoms with E-state index in [0.29, 0.717) is 5.69 Å². The molecule has 1 heterocycles. The molecule has 0 saturated carbocycles. The fraction of sp³-hybridized carbons (Fsp3) is 0.0769. The monoisotopic (exact) mass is 322 g/mol. The zero-order chi connectivity index (χ0) is 13.8. The number of methoxy groups -OCH3 is 1. The molecule has 2 N–H and O–H groups in total. The average molecular weight is 323 g/mol. The van der Waals surface area contributed by atoms with Crippen LogP contribution in [0.1, 0.15) is 5.69 Å². The minimum absolute atomic E-state index is 0.599. The van der Waals surface area contributed by atoms with Crippen molar-refractivity contribution in [1.29, 1.82) is 0 Å². The van der Waals surface area contributed by atoms with Crippen LogP contribution in [0.25, 0.3) is 17.0 Å². The molecule has 5 nitrogen and oxygen atoms in total. The second-order valence-electron chi connectivity index (χ2n) is 3.69. The third kappa shape index (κ3) is 2.91. The van der Waals surface area contributed by atoms with Crippen LogP contribution in [0.3, 0.4) is 0 Å². The van der Waals surface area contributed by atoms with Crippen molar-refractivity contribution in [3.8, 4) is 5.75 Å². The van der Waals surface area contributed by atoms with Gasteiger partial charge < -0.3 is 4.74 Å². The van der Waals surface area contributed by atoms with Gasteiger partial charge in [0.1, 0.15) is 5.75 Å². The summed E-state index contributed by atoms with van der Waals surface area (Å²) in [5.74, 6) is 0.134. The molecule has 1 aromatic carbocycles. The number of hydroxylamine groups is 1. The molecule has 6 heteroatoms. The van der Waals surface area contributed by atoms with Crippen LogP contribution in [0.4, 0.5) is 0 Å². The van der Waals surface area contributed by atoms with E-state index in [1.54, 1.807) is 13.2 Å². The number of carbonyl (C=O) groups is 1. The summed E-state index contributed by atoms with van der Waals surface area (Å²) < 4.78 is 6.04. The number of nitrogens with zero attached hydrogens (tertiary/aromatic N) is 1. The lowest BCUT2D eigenvalue weighted by atomic mass is 10.2. The van der Waals surface area contributed by atoms with E-state index in [2.05, 4.69) is 20.9 Å². The fourth-order valence-electron chi connectivity index (χ4n) is 1.61. The lowest BCUT2D eigenvalue weighted by molar-refractivity contribution is -0.124. The van der Waals surface area contributed by atoms with Gasteiger partial charge in [-0.25, -0.2) is 10.5 Å².